The Balaban J connectivity index is 2.14. The van der Waals surface area contributed by atoms with Crippen molar-refractivity contribution in [1.29, 1.82) is 0 Å². The molecule has 0 amide bonds. The lowest BCUT2D eigenvalue weighted by Crippen LogP contribution is -2.41. The van der Waals surface area contributed by atoms with Gasteiger partial charge in [0.1, 0.15) is 5.69 Å². The minimum atomic E-state index is 0.161. The average molecular weight is 346 g/mol. The molecule has 124 valence electrons. The van der Waals surface area contributed by atoms with Crippen LogP contribution in [0, 0.1) is 0 Å². The van der Waals surface area contributed by atoms with Crippen molar-refractivity contribution >= 4 is 34.9 Å². The molecule has 0 radical (unpaired) electrons. The van der Waals surface area contributed by atoms with Gasteiger partial charge in [0.2, 0.25) is 0 Å². The van der Waals surface area contributed by atoms with Crippen LogP contribution in [0.4, 0.5) is 11.5 Å². The molecule has 0 aliphatic heterocycles. The Morgan fingerprint density at radius 1 is 1.36 bits per heavy atom. The van der Waals surface area contributed by atoms with E-state index in [0.29, 0.717) is 16.7 Å². The second-order valence-electron chi connectivity index (χ2n) is 5.33. The molecular formula is C14H24ClN5OS. The number of rotatable bonds is 7. The van der Waals surface area contributed by atoms with E-state index in [1.165, 1.54) is 0 Å². The lowest BCUT2D eigenvalue weighted by molar-refractivity contribution is 0.0673. The third kappa shape index (κ3) is 4.16. The average Bonchev–Trinajstić information content (AvgIpc) is 2.96. The molecule has 0 saturated heterocycles. The highest BCUT2D eigenvalue weighted by molar-refractivity contribution is 7.99. The van der Waals surface area contributed by atoms with Crippen molar-refractivity contribution in [2.45, 2.75) is 56.8 Å². The van der Waals surface area contributed by atoms with Crippen molar-refractivity contribution in [3.05, 3.63) is 5.15 Å². The fraction of sp³-hybridized carbons (Fsp3) is 0.714. The quantitative estimate of drug-likeness (QED) is 0.258. The van der Waals surface area contributed by atoms with Gasteiger partial charge in [-0.05, 0) is 32.6 Å². The molecule has 0 unspecified atom stereocenters. The summed E-state index contributed by atoms with van der Waals surface area (Å²) in [7, 11) is 0. The third-order valence-corrected chi connectivity index (χ3v) is 5.03. The van der Waals surface area contributed by atoms with Crippen LogP contribution in [0.5, 0.6) is 0 Å². The molecule has 2 atom stereocenters. The summed E-state index contributed by atoms with van der Waals surface area (Å²) < 4.78 is 5.67. The summed E-state index contributed by atoms with van der Waals surface area (Å²) in [5, 5.41) is 2.52. The van der Waals surface area contributed by atoms with E-state index in [0.717, 1.165) is 38.0 Å². The number of nitrogens with zero attached hydrogens (tertiary/aromatic N) is 3. The van der Waals surface area contributed by atoms with Gasteiger partial charge in [-0.2, -0.15) is 0 Å². The van der Waals surface area contributed by atoms with Crippen molar-refractivity contribution in [3.8, 4) is 0 Å². The molecule has 22 heavy (non-hydrogen) atoms. The van der Waals surface area contributed by atoms with E-state index in [2.05, 4.69) is 16.9 Å². The molecule has 0 aromatic carbocycles. The van der Waals surface area contributed by atoms with Gasteiger partial charge in [0.05, 0.1) is 6.10 Å². The van der Waals surface area contributed by atoms with Gasteiger partial charge >= 0.3 is 0 Å². The summed E-state index contributed by atoms with van der Waals surface area (Å²) in [4.78, 5) is 8.70. The predicted octanol–water partition coefficient (Wildman–Crippen LogP) is 2.85. The molecule has 1 heterocycles. The normalized spacial score (nSPS) is 21.3. The highest BCUT2D eigenvalue weighted by Gasteiger charge is 2.30. The minimum absolute atomic E-state index is 0.161. The molecule has 4 N–H and O–H groups in total. The monoisotopic (exact) mass is 345 g/mol. The van der Waals surface area contributed by atoms with E-state index >= 15 is 0 Å². The highest BCUT2D eigenvalue weighted by Crippen LogP contribution is 2.33. The number of anilines is 2. The van der Waals surface area contributed by atoms with Gasteiger partial charge in [0.25, 0.3) is 0 Å². The van der Waals surface area contributed by atoms with Crippen LogP contribution in [0.3, 0.4) is 0 Å². The Labute approximate surface area is 140 Å². The zero-order chi connectivity index (χ0) is 16.1. The predicted molar refractivity (Wildman–Crippen MR) is 92.2 cm³/mol. The van der Waals surface area contributed by atoms with Crippen LogP contribution in [0.2, 0.25) is 5.15 Å². The molecule has 0 bridgehead atoms. The zero-order valence-electron chi connectivity index (χ0n) is 13.1. The van der Waals surface area contributed by atoms with Crippen LogP contribution >= 0.6 is 23.4 Å². The number of nitrogen functional groups attached to an aromatic ring is 1. The van der Waals surface area contributed by atoms with E-state index in [1.54, 1.807) is 16.8 Å². The lowest BCUT2D eigenvalue weighted by Gasteiger charge is -2.26. The van der Waals surface area contributed by atoms with Crippen molar-refractivity contribution < 1.29 is 4.74 Å². The topological polar surface area (TPSA) is 90.3 Å². The SMILES string of the molecule is CCCSc1nc(Cl)c(N)c(N(N)[C@H]2CC[C@@H](OCC)C2)n1. The Hall–Kier alpha value is -0.760. The van der Waals surface area contributed by atoms with Crippen molar-refractivity contribution in [2.24, 2.45) is 5.84 Å². The van der Waals surface area contributed by atoms with Gasteiger partial charge in [-0.25, -0.2) is 15.8 Å². The fourth-order valence-electron chi connectivity index (χ4n) is 2.60. The summed E-state index contributed by atoms with van der Waals surface area (Å²) >= 11 is 7.69. The van der Waals surface area contributed by atoms with Crippen LogP contribution in [0.15, 0.2) is 5.16 Å². The maximum atomic E-state index is 6.27. The Kier molecular flexibility index (Phi) is 6.55. The Morgan fingerprint density at radius 3 is 2.82 bits per heavy atom. The van der Waals surface area contributed by atoms with Crippen LogP contribution in [-0.2, 0) is 4.74 Å². The van der Waals surface area contributed by atoms with Gasteiger partial charge in [0, 0.05) is 18.4 Å². The van der Waals surface area contributed by atoms with E-state index in [-0.39, 0.29) is 17.3 Å². The molecule has 0 spiro atoms. The van der Waals surface area contributed by atoms with E-state index in [9.17, 15) is 0 Å². The second-order valence-corrected chi connectivity index (χ2v) is 6.75. The number of ether oxygens (including phenoxy) is 1. The lowest BCUT2D eigenvalue weighted by atomic mass is 10.2. The summed E-state index contributed by atoms with van der Waals surface area (Å²) in [6, 6.07) is 0.161. The van der Waals surface area contributed by atoms with Gasteiger partial charge < -0.3 is 10.5 Å². The zero-order valence-corrected chi connectivity index (χ0v) is 14.7. The molecule has 8 heteroatoms. The first-order valence-electron chi connectivity index (χ1n) is 7.68. The Bertz CT molecular complexity index is 504. The third-order valence-electron chi connectivity index (χ3n) is 3.69. The molecule has 2 rings (SSSR count). The molecule has 1 aliphatic carbocycles. The van der Waals surface area contributed by atoms with E-state index in [4.69, 9.17) is 27.9 Å². The standard InChI is InChI=1S/C14H24ClN5OS/c1-3-7-22-14-18-12(15)11(16)13(19-14)20(17)9-5-6-10(8-9)21-4-2/h9-10H,3-8,16-17H2,1-2H3/t9-,10+/m0/s1. The number of hydrogen-bond acceptors (Lipinski definition) is 7. The second kappa shape index (κ2) is 8.19. The molecule has 1 fully saturated rings. The van der Waals surface area contributed by atoms with Crippen LogP contribution in [-0.4, -0.2) is 34.5 Å². The largest absolute Gasteiger partial charge is 0.393 e. The summed E-state index contributed by atoms with van der Waals surface area (Å²) in [6.45, 7) is 4.84. The number of nitrogens with two attached hydrogens (primary N) is 2. The number of aromatic nitrogens is 2. The first-order chi connectivity index (χ1) is 10.6. The molecule has 1 aromatic rings. The summed E-state index contributed by atoms with van der Waals surface area (Å²) in [5.74, 6) is 7.71. The maximum absolute atomic E-state index is 6.27. The van der Waals surface area contributed by atoms with Crippen LogP contribution in [0.1, 0.15) is 39.5 Å². The number of hydrogen-bond donors (Lipinski definition) is 2. The first kappa shape index (κ1) is 17.6. The minimum Gasteiger partial charge on any atom is -0.393 e. The molecule has 1 saturated carbocycles. The number of thioether (sulfide) groups is 1. The summed E-state index contributed by atoms with van der Waals surface area (Å²) in [5.41, 5.74) is 6.36. The molecule has 1 aromatic heterocycles. The molecule has 1 aliphatic rings. The molecule has 6 nitrogen and oxygen atoms in total. The maximum Gasteiger partial charge on any atom is 0.191 e. The molecular weight excluding hydrogens is 322 g/mol. The van der Waals surface area contributed by atoms with Gasteiger partial charge in [-0.3, -0.25) is 5.01 Å². The van der Waals surface area contributed by atoms with Crippen molar-refractivity contribution in [1.82, 2.24) is 9.97 Å². The van der Waals surface area contributed by atoms with E-state index < -0.39 is 0 Å². The number of hydrazine groups is 1. The van der Waals surface area contributed by atoms with Crippen LogP contribution in [0.25, 0.3) is 0 Å². The summed E-state index contributed by atoms with van der Waals surface area (Å²) in [6.07, 6.45) is 4.13. The van der Waals surface area contributed by atoms with Crippen molar-refractivity contribution in [2.75, 3.05) is 23.1 Å². The van der Waals surface area contributed by atoms with Gasteiger partial charge in [-0.15, -0.1) is 0 Å². The van der Waals surface area contributed by atoms with Gasteiger partial charge in [-0.1, -0.05) is 30.3 Å². The van der Waals surface area contributed by atoms with Gasteiger partial charge in [0.15, 0.2) is 16.1 Å². The Morgan fingerprint density at radius 2 is 2.14 bits per heavy atom. The van der Waals surface area contributed by atoms with Crippen molar-refractivity contribution in [3.63, 3.8) is 0 Å². The number of halogens is 1. The first-order valence-corrected chi connectivity index (χ1v) is 9.04. The highest BCUT2D eigenvalue weighted by atomic mass is 35.5. The van der Waals surface area contributed by atoms with E-state index in [1.807, 2.05) is 6.92 Å². The van der Waals surface area contributed by atoms with Crippen LogP contribution < -0.4 is 16.6 Å². The fourth-order valence-corrected chi connectivity index (χ4v) is 3.51. The smallest absolute Gasteiger partial charge is 0.191 e.